The van der Waals surface area contributed by atoms with E-state index in [2.05, 4.69) is 211 Å². The van der Waals surface area contributed by atoms with E-state index in [9.17, 15) is 0 Å². The van der Waals surface area contributed by atoms with Gasteiger partial charge in [-0.05, 0) is 93.2 Å². The van der Waals surface area contributed by atoms with Gasteiger partial charge in [0.25, 0.3) is 0 Å². The van der Waals surface area contributed by atoms with Gasteiger partial charge in [0.2, 0.25) is 0 Å². The molecule has 0 radical (unpaired) electrons. The van der Waals surface area contributed by atoms with Crippen LogP contribution in [0.15, 0.2) is 200 Å². The van der Waals surface area contributed by atoms with E-state index in [4.69, 9.17) is 0 Å². The Morgan fingerprint density at radius 1 is 0.472 bits per heavy atom. The van der Waals surface area contributed by atoms with Crippen molar-refractivity contribution >= 4 is 60.4 Å². The van der Waals surface area contributed by atoms with Crippen LogP contribution in [0.25, 0.3) is 71.3 Å². The molecule has 1 aliphatic rings. The number of nitrogens with zero attached hydrogens (tertiary/aromatic N) is 2. The first-order valence-corrected chi connectivity index (χ1v) is 18.6. The summed E-state index contributed by atoms with van der Waals surface area (Å²) in [6, 6.07) is 66.3. The highest BCUT2D eigenvalue weighted by molar-refractivity contribution is 6.14. The molecule has 0 spiro atoms. The quantitative estimate of drug-likeness (QED) is 0.159. The summed E-state index contributed by atoms with van der Waals surface area (Å²) in [5, 5.41) is 7.66. The number of benzene rings is 8. The van der Waals surface area contributed by atoms with Crippen molar-refractivity contribution in [3.8, 4) is 22.3 Å². The third-order valence-electron chi connectivity index (χ3n) is 11.0. The second-order valence-electron chi connectivity index (χ2n) is 14.2. The summed E-state index contributed by atoms with van der Waals surface area (Å²) in [7, 11) is 0. The molecule has 0 bridgehead atoms. The molecule has 8 aromatic carbocycles. The lowest BCUT2D eigenvalue weighted by atomic mass is 9.90. The normalized spacial score (nSPS) is 14.5. The van der Waals surface area contributed by atoms with Crippen molar-refractivity contribution in [1.82, 2.24) is 4.57 Å². The van der Waals surface area contributed by atoms with Crippen molar-refractivity contribution in [2.75, 3.05) is 4.90 Å². The van der Waals surface area contributed by atoms with E-state index in [0.717, 1.165) is 12.1 Å². The number of rotatable bonds is 6. The number of hydrogen-bond donors (Lipinski definition) is 0. The average molecular weight is 679 g/mol. The Hall–Kier alpha value is -6.64. The van der Waals surface area contributed by atoms with Crippen LogP contribution in [0, 0.1) is 5.92 Å². The first-order valence-electron chi connectivity index (χ1n) is 18.6. The molecule has 2 nitrogen and oxygen atoms in total. The number of hydrogen-bond acceptors (Lipinski definition) is 1. The van der Waals surface area contributed by atoms with Crippen LogP contribution in [0.3, 0.4) is 0 Å². The van der Waals surface area contributed by atoms with E-state index < -0.39 is 0 Å². The number of allylic oxidation sites excluding steroid dienone is 4. The third kappa shape index (κ3) is 5.26. The second kappa shape index (κ2) is 12.8. The van der Waals surface area contributed by atoms with Crippen LogP contribution in [-0.2, 0) is 0 Å². The SMILES string of the molecule is CC1CC(N(c2ccccc2)c2cc(-c3cc4ccccc4c4ccccc34)ccc2-c2ccccc2)=CC=C1n1c2ccccc2c2ccccc21. The lowest BCUT2D eigenvalue weighted by molar-refractivity contribution is 0.688. The summed E-state index contributed by atoms with van der Waals surface area (Å²) >= 11 is 0. The number of anilines is 2. The van der Waals surface area contributed by atoms with E-state index in [0.29, 0.717) is 0 Å². The molecule has 2 heteroatoms. The Balaban J connectivity index is 1.20. The Labute approximate surface area is 310 Å². The summed E-state index contributed by atoms with van der Waals surface area (Å²) in [4.78, 5) is 2.50. The first kappa shape index (κ1) is 31.1. The molecule has 252 valence electrons. The fourth-order valence-corrected chi connectivity index (χ4v) is 8.57. The topological polar surface area (TPSA) is 8.17 Å². The van der Waals surface area contributed by atoms with E-state index in [1.807, 2.05) is 0 Å². The molecule has 10 rings (SSSR count). The standard InChI is InChI=1S/C51H38N2/c1-35-32-40(29-31-48(35)53-49-26-14-12-24-45(49)46-25-13-15-27-50(46)53)52(39-19-6-3-7-20-39)51-34-38(28-30-42(51)36-16-4-2-5-17-36)47-33-37-18-8-9-21-41(37)43-22-10-11-23-44(43)47/h2-31,33-35H,32H2,1H3. The fraction of sp³-hybridized carbons (Fsp3) is 0.0588. The van der Waals surface area contributed by atoms with Crippen LogP contribution in [0.1, 0.15) is 13.3 Å². The van der Waals surface area contributed by atoms with Gasteiger partial charge in [-0.15, -0.1) is 0 Å². The maximum Gasteiger partial charge on any atom is 0.0542 e. The fourth-order valence-electron chi connectivity index (χ4n) is 8.57. The van der Waals surface area contributed by atoms with E-state index >= 15 is 0 Å². The number of para-hydroxylation sites is 3. The average Bonchev–Trinajstić information content (AvgIpc) is 3.55. The van der Waals surface area contributed by atoms with Crippen LogP contribution in [0.4, 0.5) is 11.4 Å². The highest BCUT2D eigenvalue weighted by atomic mass is 15.2. The number of aromatic nitrogens is 1. The zero-order chi connectivity index (χ0) is 35.3. The minimum absolute atomic E-state index is 0.271. The minimum atomic E-state index is 0.271. The van der Waals surface area contributed by atoms with Crippen LogP contribution in [-0.4, -0.2) is 4.57 Å². The predicted molar refractivity (Wildman–Crippen MR) is 226 cm³/mol. The smallest absolute Gasteiger partial charge is 0.0542 e. The molecule has 0 amide bonds. The molecule has 53 heavy (non-hydrogen) atoms. The molecule has 1 atom stereocenters. The van der Waals surface area contributed by atoms with Gasteiger partial charge in [-0.2, -0.15) is 0 Å². The Morgan fingerprint density at radius 2 is 1.06 bits per heavy atom. The molecule has 1 unspecified atom stereocenters. The Bertz CT molecular complexity index is 2820. The van der Waals surface area contributed by atoms with Gasteiger partial charge < -0.3 is 9.47 Å². The van der Waals surface area contributed by atoms with Crippen LogP contribution < -0.4 is 4.90 Å². The van der Waals surface area contributed by atoms with Gasteiger partial charge in [0, 0.05) is 39.3 Å². The van der Waals surface area contributed by atoms with Crippen LogP contribution in [0.2, 0.25) is 0 Å². The first-order chi connectivity index (χ1) is 26.2. The van der Waals surface area contributed by atoms with Gasteiger partial charge in [0.15, 0.2) is 0 Å². The highest BCUT2D eigenvalue weighted by Crippen LogP contribution is 2.46. The van der Waals surface area contributed by atoms with Gasteiger partial charge >= 0.3 is 0 Å². The van der Waals surface area contributed by atoms with E-state index in [-0.39, 0.29) is 5.92 Å². The minimum Gasteiger partial charge on any atom is -0.314 e. The molecular formula is C51H38N2. The molecule has 0 saturated heterocycles. The van der Waals surface area contributed by atoms with Crippen LogP contribution >= 0.6 is 0 Å². The summed E-state index contributed by atoms with van der Waals surface area (Å²) in [5.41, 5.74) is 12.3. The molecular weight excluding hydrogens is 641 g/mol. The van der Waals surface area contributed by atoms with Crippen molar-refractivity contribution < 1.29 is 0 Å². The summed E-state index contributed by atoms with van der Waals surface area (Å²) in [5.74, 6) is 0.271. The third-order valence-corrected chi connectivity index (χ3v) is 11.0. The molecule has 0 saturated carbocycles. The largest absolute Gasteiger partial charge is 0.314 e. The molecule has 0 N–H and O–H groups in total. The maximum absolute atomic E-state index is 2.50. The van der Waals surface area contributed by atoms with Crippen molar-refractivity contribution in [2.45, 2.75) is 13.3 Å². The molecule has 0 fully saturated rings. The molecule has 9 aromatic rings. The van der Waals surface area contributed by atoms with E-state index in [1.165, 1.54) is 82.7 Å². The van der Waals surface area contributed by atoms with Crippen molar-refractivity contribution in [3.63, 3.8) is 0 Å². The molecule has 1 heterocycles. The van der Waals surface area contributed by atoms with Crippen LogP contribution in [0.5, 0.6) is 0 Å². The summed E-state index contributed by atoms with van der Waals surface area (Å²) in [6.07, 6.45) is 5.61. The van der Waals surface area contributed by atoms with Gasteiger partial charge in [-0.1, -0.05) is 153 Å². The molecule has 1 aromatic heterocycles. The Kier molecular flexibility index (Phi) is 7.54. The highest BCUT2D eigenvalue weighted by Gasteiger charge is 2.27. The van der Waals surface area contributed by atoms with E-state index in [1.54, 1.807) is 0 Å². The van der Waals surface area contributed by atoms with Gasteiger partial charge in [0.1, 0.15) is 0 Å². The van der Waals surface area contributed by atoms with Crippen molar-refractivity contribution in [3.05, 3.63) is 200 Å². The number of fused-ring (bicyclic) bond motifs is 6. The molecule has 0 aliphatic heterocycles. The van der Waals surface area contributed by atoms with Crippen molar-refractivity contribution in [1.29, 1.82) is 0 Å². The second-order valence-corrected chi connectivity index (χ2v) is 14.2. The van der Waals surface area contributed by atoms with Gasteiger partial charge in [-0.3, -0.25) is 0 Å². The lowest BCUT2D eigenvalue weighted by Gasteiger charge is -2.34. The lowest BCUT2D eigenvalue weighted by Crippen LogP contribution is -2.22. The van der Waals surface area contributed by atoms with Crippen molar-refractivity contribution in [2.24, 2.45) is 5.92 Å². The zero-order valence-corrected chi connectivity index (χ0v) is 29.7. The molecule has 1 aliphatic carbocycles. The monoisotopic (exact) mass is 678 g/mol. The van der Waals surface area contributed by atoms with Gasteiger partial charge in [0.05, 0.1) is 16.7 Å². The predicted octanol–water partition coefficient (Wildman–Crippen LogP) is 14.0. The van der Waals surface area contributed by atoms with Gasteiger partial charge in [-0.25, -0.2) is 0 Å². The maximum atomic E-state index is 2.50. The Morgan fingerprint density at radius 3 is 1.75 bits per heavy atom. The summed E-state index contributed by atoms with van der Waals surface area (Å²) in [6.45, 7) is 2.38. The summed E-state index contributed by atoms with van der Waals surface area (Å²) < 4.78 is 2.48. The zero-order valence-electron chi connectivity index (χ0n) is 29.7.